The Kier molecular flexibility index (Phi) is 8.69. The molecule has 0 saturated carbocycles. The topological polar surface area (TPSA) is 15.3 Å². The van der Waals surface area contributed by atoms with E-state index < -0.39 is 0 Å². The molecule has 0 aliphatic rings. The van der Waals surface area contributed by atoms with Gasteiger partial charge >= 0.3 is 0 Å². The number of hydrogen-bond donors (Lipinski definition) is 1. The molecule has 0 radical (unpaired) electrons. The lowest BCUT2D eigenvalue weighted by molar-refractivity contribution is 0.311. The van der Waals surface area contributed by atoms with Crippen LogP contribution in [0.25, 0.3) is 0 Å². The fourth-order valence-corrected chi connectivity index (χ4v) is 2.19. The molecule has 0 bridgehead atoms. The van der Waals surface area contributed by atoms with Crippen LogP contribution in [0.4, 0.5) is 0 Å². The second-order valence-corrected chi connectivity index (χ2v) is 6.85. The Morgan fingerprint density at radius 2 is 1.91 bits per heavy atom. The van der Waals surface area contributed by atoms with Crippen molar-refractivity contribution in [3.05, 3.63) is 47.5 Å². The van der Waals surface area contributed by atoms with Crippen molar-refractivity contribution in [1.82, 2.24) is 10.2 Å². The number of rotatable bonds is 8. The zero-order chi connectivity index (χ0) is 17.1. The Morgan fingerprint density at radius 1 is 1.17 bits per heavy atom. The quantitative estimate of drug-likeness (QED) is 0.723. The average Bonchev–Trinajstić information content (AvgIpc) is 2.50. The minimum Gasteiger partial charge on any atom is -0.313 e. The summed E-state index contributed by atoms with van der Waals surface area (Å²) in [5.74, 6) is 6.36. The first kappa shape index (κ1) is 19.5. The van der Waals surface area contributed by atoms with Crippen molar-refractivity contribution in [3.63, 3.8) is 0 Å². The van der Waals surface area contributed by atoms with Gasteiger partial charge < -0.3 is 5.32 Å². The van der Waals surface area contributed by atoms with Crippen molar-refractivity contribution in [2.75, 3.05) is 19.6 Å². The van der Waals surface area contributed by atoms with Gasteiger partial charge in [-0.2, -0.15) is 0 Å². The Bertz CT molecular complexity index is 541. The fraction of sp³-hybridized carbons (Fsp3) is 0.524. The van der Waals surface area contributed by atoms with Crippen LogP contribution in [0.5, 0.6) is 0 Å². The summed E-state index contributed by atoms with van der Waals surface area (Å²) in [6.07, 6.45) is 4.14. The molecule has 0 amide bonds. The lowest BCUT2D eigenvalue weighted by Gasteiger charge is -2.19. The maximum Gasteiger partial charge on any atom is 0.0237 e. The van der Waals surface area contributed by atoms with Crippen LogP contribution >= 0.6 is 0 Å². The molecule has 0 aromatic heterocycles. The van der Waals surface area contributed by atoms with Crippen molar-refractivity contribution in [2.45, 2.75) is 47.7 Å². The lowest BCUT2D eigenvalue weighted by atomic mass is 9.98. The molecule has 0 spiro atoms. The van der Waals surface area contributed by atoms with Gasteiger partial charge in [0, 0.05) is 25.0 Å². The molecule has 0 fully saturated rings. The van der Waals surface area contributed by atoms with Gasteiger partial charge in [-0.3, -0.25) is 4.90 Å². The molecule has 23 heavy (non-hydrogen) atoms. The summed E-state index contributed by atoms with van der Waals surface area (Å²) in [5, 5.41) is 3.38. The van der Waals surface area contributed by atoms with Crippen molar-refractivity contribution in [3.8, 4) is 11.8 Å². The maximum atomic E-state index is 3.38. The SMILES string of the molecule is CCNCc1cccc(CN(CC)C/C=C/C#CC(C)(C)C)c1. The van der Waals surface area contributed by atoms with Crippen molar-refractivity contribution in [1.29, 1.82) is 0 Å². The van der Waals surface area contributed by atoms with E-state index in [1.54, 1.807) is 0 Å². The van der Waals surface area contributed by atoms with Gasteiger partial charge in [-0.05, 0) is 51.1 Å². The normalized spacial score (nSPS) is 11.7. The van der Waals surface area contributed by atoms with E-state index in [1.807, 2.05) is 6.08 Å². The van der Waals surface area contributed by atoms with E-state index in [1.165, 1.54) is 11.1 Å². The number of hydrogen-bond acceptors (Lipinski definition) is 2. The number of likely N-dealkylation sites (N-methyl/N-ethyl adjacent to an activating group) is 1. The molecule has 0 atom stereocenters. The Labute approximate surface area is 143 Å². The third kappa shape index (κ3) is 9.23. The van der Waals surface area contributed by atoms with Crippen molar-refractivity contribution < 1.29 is 0 Å². The zero-order valence-electron chi connectivity index (χ0n) is 15.4. The molecule has 0 heterocycles. The molecule has 0 aliphatic carbocycles. The van der Waals surface area contributed by atoms with Crippen LogP contribution in [0, 0.1) is 17.3 Å². The van der Waals surface area contributed by atoms with Gasteiger partial charge in [-0.15, -0.1) is 0 Å². The van der Waals surface area contributed by atoms with E-state index in [0.29, 0.717) is 0 Å². The second-order valence-electron chi connectivity index (χ2n) is 6.85. The Balaban J connectivity index is 2.55. The first-order chi connectivity index (χ1) is 10.9. The number of benzene rings is 1. The monoisotopic (exact) mass is 312 g/mol. The summed E-state index contributed by atoms with van der Waals surface area (Å²) < 4.78 is 0. The van der Waals surface area contributed by atoms with Crippen molar-refractivity contribution >= 4 is 0 Å². The second kappa shape index (κ2) is 10.3. The predicted molar refractivity (Wildman–Crippen MR) is 101 cm³/mol. The van der Waals surface area contributed by atoms with E-state index in [2.05, 4.69) is 87.0 Å². The fourth-order valence-electron chi connectivity index (χ4n) is 2.19. The Hall–Kier alpha value is -1.56. The van der Waals surface area contributed by atoms with Gasteiger partial charge in [0.15, 0.2) is 0 Å². The minimum absolute atomic E-state index is 0.0712. The molecule has 1 rings (SSSR count). The van der Waals surface area contributed by atoms with Gasteiger partial charge in [0.05, 0.1) is 0 Å². The molecule has 1 aromatic rings. The first-order valence-electron chi connectivity index (χ1n) is 8.63. The summed E-state index contributed by atoms with van der Waals surface area (Å²) in [5.41, 5.74) is 2.80. The highest BCUT2D eigenvalue weighted by molar-refractivity contribution is 5.24. The molecule has 0 saturated heterocycles. The summed E-state index contributed by atoms with van der Waals surface area (Å²) in [4.78, 5) is 2.42. The molecule has 1 aromatic carbocycles. The number of allylic oxidation sites excluding steroid dienone is 1. The van der Waals surface area contributed by atoms with Crippen LogP contribution in [-0.2, 0) is 13.1 Å². The van der Waals surface area contributed by atoms with Crippen molar-refractivity contribution in [2.24, 2.45) is 5.41 Å². The van der Waals surface area contributed by atoms with E-state index >= 15 is 0 Å². The van der Waals surface area contributed by atoms with Gasteiger partial charge in [-0.1, -0.05) is 56.0 Å². The molecule has 1 N–H and O–H groups in total. The van der Waals surface area contributed by atoms with Gasteiger partial charge in [0.25, 0.3) is 0 Å². The highest BCUT2D eigenvalue weighted by atomic mass is 15.1. The van der Waals surface area contributed by atoms with Crippen LogP contribution < -0.4 is 5.32 Å². The molecular formula is C21H32N2. The summed E-state index contributed by atoms with van der Waals surface area (Å²) in [6.45, 7) is 15.6. The third-order valence-corrected chi connectivity index (χ3v) is 3.44. The van der Waals surface area contributed by atoms with Gasteiger partial charge in [-0.25, -0.2) is 0 Å². The van der Waals surface area contributed by atoms with E-state index in [4.69, 9.17) is 0 Å². The third-order valence-electron chi connectivity index (χ3n) is 3.44. The highest BCUT2D eigenvalue weighted by Gasteiger charge is 2.03. The van der Waals surface area contributed by atoms with Gasteiger partial charge in [0.2, 0.25) is 0 Å². The maximum absolute atomic E-state index is 3.38. The molecular weight excluding hydrogens is 280 g/mol. The molecule has 2 heteroatoms. The van der Waals surface area contributed by atoms with Crippen LogP contribution in [-0.4, -0.2) is 24.5 Å². The smallest absolute Gasteiger partial charge is 0.0237 e. The van der Waals surface area contributed by atoms with E-state index in [9.17, 15) is 0 Å². The largest absolute Gasteiger partial charge is 0.313 e. The van der Waals surface area contributed by atoms with Crippen LogP contribution in [0.1, 0.15) is 45.7 Å². The number of nitrogens with one attached hydrogen (secondary N) is 1. The Morgan fingerprint density at radius 3 is 2.57 bits per heavy atom. The highest BCUT2D eigenvalue weighted by Crippen LogP contribution is 2.10. The van der Waals surface area contributed by atoms with Gasteiger partial charge in [0.1, 0.15) is 0 Å². The standard InChI is InChI=1S/C21H32N2/c1-6-22-17-19-12-11-13-20(16-19)18-23(7-2)15-10-8-9-14-21(3,4)5/h8,10-13,16,22H,6-7,15,17-18H2,1-5H3/b10-8+. The van der Waals surface area contributed by atoms with E-state index in [-0.39, 0.29) is 5.41 Å². The predicted octanol–water partition coefficient (Wildman–Crippen LogP) is 4.22. The molecule has 0 aliphatic heterocycles. The summed E-state index contributed by atoms with van der Waals surface area (Å²) in [7, 11) is 0. The molecule has 0 unspecified atom stereocenters. The summed E-state index contributed by atoms with van der Waals surface area (Å²) in [6, 6.07) is 8.85. The first-order valence-corrected chi connectivity index (χ1v) is 8.63. The lowest BCUT2D eigenvalue weighted by Crippen LogP contribution is -2.23. The van der Waals surface area contributed by atoms with Crippen LogP contribution in [0.15, 0.2) is 36.4 Å². The van der Waals surface area contributed by atoms with Crippen LogP contribution in [0.3, 0.4) is 0 Å². The molecule has 2 nitrogen and oxygen atoms in total. The average molecular weight is 313 g/mol. The van der Waals surface area contributed by atoms with E-state index in [0.717, 1.165) is 32.7 Å². The minimum atomic E-state index is 0.0712. The number of nitrogens with zero attached hydrogens (tertiary/aromatic N) is 1. The molecule has 126 valence electrons. The zero-order valence-corrected chi connectivity index (χ0v) is 15.4. The van der Waals surface area contributed by atoms with Crippen LogP contribution in [0.2, 0.25) is 0 Å². The summed E-state index contributed by atoms with van der Waals surface area (Å²) >= 11 is 0.